The molecule has 90 valence electrons. The maximum Gasteiger partial charge on any atom is 0.347 e. The summed E-state index contributed by atoms with van der Waals surface area (Å²) in [6.45, 7) is 8.36. The molecule has 0 saturated heterocycles. The summed E-state index contributed by atoms with van der Waals surface area (Å²) in [5.74, 6) is -0.0737. The molecule has 0 unspecified atom stereocenters. The zero-order valence-corrected chi connectivity index (χ0v) is 11.7. The van der Waals surface area contributed by atoms with Gasteiger partial charge in [0.2, 0.25) is 0 Å². The number of aromatic nitrogens is 1. The van der Waals surface area contributed by atoms with Gasteiger partial charge in [-0.25, -0.2) is 9.78 Å². The Hall–Kier alpha value is -0.550. The molecule has 0 fully saturated rings. The highest BCUT2D eigenvalue weighted by Gasteiger charge is 2.17. The summed E-state index contributed by atoms with van der Waals surface area (Å²) < 4.78 is 0.182. The van der Waals surface area contributed by atoms with Crippen molar-refractivity contribution in [3.05, 3.63) is 15.6 Å². The van der Waals surface area contributed by atoms with Crippen LogP contribution in [0, 0.1) is 0 Å². The lowest BCUT2D eigenvalue weighted by Crippen LogP contribution is -2.07. The van der Waals surface area contributed by atoms with E-state index >= 15 is 0 Å². The lowest BCUT2D eigenvalue weighted by Gasteiger charge is -2.16. The van der Waals surface area contributed by atoms with Gasteiger partial charge in [0.1, 0.15) is 9.88 Å². The fourth-order valence-electron chi connectivity index (χ4n) is 1.15. The van der Waals surface area contributed by atoms with E-state index in [1.807, 2.05) is 6.92 Å². The molecule has 0 saturated carbocycles. The van der Waals surface area contributed by atoms with Gasteiger partial charge in [-0.05, 0) is 6.42 Å². The highest BCUT2D eigenvalue weighted by molar-refractivity contribution is 7.99. The van der Waals surface area contributed by atoms with Gasteiger partial charge in [0.05, 0.1) is 5.69 Å². The van der Waals surface area contributed by atoms with E-state index in [4.69, 9.17) is 5.11 Å². The minimum Gasteiger partial charge on any atom is -0.477 e. The van der Waals surface area contributed by atoms with E-state index in [0.29, 0.717) is 17.0 Å². The first kappa shape index (κ1) is 13.5. The fourth-order valence-corrected chi connectivity index (χ4v) is 2.97. The van der Waals surface area contributed by atoms with Crippen molar-refractivity contribution < 1.29 is 9.90 Å². The van der Waals surface area contributed by atoms with Crippen molar-refractivity contribution in [3.8, 4) is 0 Å². The summed E-state index contributed by atoms with van der Waals surface area (Å²) in [7, 11) is 0. The number of carbonyl (C=O) groups is 1. The summed E-state index contributed by atoms with van der Waals surface area (Å²) in [5.41, 5.74) is 0.710. The Morgan fingerprint density at radius 2 is 2.12 bits per heavy atom. The van der Waals surface area contributed by atoms with Crippen molar-refractivity contribution in [3.63, 3.8) is 0 Å². The molecular weight excluding hydrogens is 242 g/mol. The monoisotopic (exact) mass is 259 g/mol. The Labute approximate surface area is 104 Å². The average Bonchev–Trinajstić information content (AvgIpc) is 2.56. The first-order valence-electron chi connectivity index (χ1n) is 5.19. The van der Waals surface area contributed by atoms with Crippen LogP contribution < -0.4 is 0 Å². The molecule has 1 rings (SSSR count). The maximum absolute atomic E-state index is 11.0. The Bertz CT molecular complexity index is 380. The Morgan fingerprint density at radius 3 is 2.50 bits per heavy atom. The van der Waals surface area contributed by atoms with E-state index in [9.17, 15) is 4.79 Å². The van der Waals surface area contributed by atoms with E-state index in [2.05, 4.69) is 25.8 Å². The van der Waals surface area contributed by atoms with E-state index < -0.39 is 5.97 Å². The van der Waals surface area contributed by atoms with Crippen LogP contribution in [-0.2, 0) is 12.2 Å². The van der Waals surface area contributed by atoms with Gasteiger partial charge in [0.25, 0.3) is 0 Å². The number of thioether (sulfide) groups is 1. The molecule has 0 radical (unpaired) electrons. The Morgan fingerprint density at radius 1 is 1.50 bits per heavy atom. The van der Waals surface area contributed by atoms with Gasteiger partial charge >= 0.3 is 5.97 Å². The van der Waals surface area contributed by atoms with E-state index in [0.717, 1.165) is 10.8 Å². The molecule has 1 aromatic heterocycles. The second kappa shape index (κ2) is 5.19. The van der Waals surface area contributed by atoms with Crippen LogP contribution in [-0.4, -0.2) is 20.8 Å². The SMILES string of the molecule is CCc1nc(CSC(C)(C)C)sc1C(=O)O. The Kier molecular flexibility index (Phi) is 4.38. The van der Waals surface area contributed by atoms with Gasteiger partial charge in [-0.2, -0.15) is 0 Å². The smallest absolute Gasteiger partial charge is 0.347 e. The standard InChI is InChI=1S/C11H17NO2S2/c1-5-7-9(10(13)14)16-8(12-7)6-15-11(2,3)4/h5-6H2,1-4H3,(H,13,14). The molecule has 3 nitrogen and oxygen atoms in total. The van der Waals surface area contributed by atoms with Crippen LogP contribution in [0.3, 0.4) is 0 Å². The summed E-state index contributed by atoms with van der Waals surface area (Å²) in [6, 6.07) is 0. The largest absolute Gasteiger partial charge is 0.477 e. The topological polar surface area (TPSA) is 50.2 Å². The predicted octanol–water partition coefficient (Wildman–Crippen LogP) is 3.44. The molecule has 0 aliphatic heterocycles. The maximum atomic E-state index is 11.0. The number of nitrogens with zero attached hydrogens (tertiary/aromatic N) is 1. The number of carboxylic acid groups (broad SMARTS) is 1. The first-order chi connectivity index (χ1) is 7.33. The van der Waals surface area contributed by atoms with Crippen LogP contribution in [0.15, 0.2) is 0 Å². The first-order valence-corrected chi connectivity index (χ1v) is 6.99. The molecule has 16 heavy (non-hydrogen) atoms. The Balaban J connectivity index is 2.79. The lowest BCUT2D eigenvalue weighted by atomic mass is 10.3. The molecule has 0 spiro atoms. The molecule has 5 heteroatoms. The molecule has 1 N–H and O–H groups in total. The molecule has 0 atom stereocenters. The molecule has 0 aromatic carbocycles. The van der Waals surface area contributed by atoms with Gasteiger partial charge < -0.3 is 5.11 Å². The second-order valence-corrected chi connectivity index (χ2v) is 7.33. The normalized spacial score (nSPS) is 11.8. The minimum atomic E-state index is -0.860. The van der Waals surface area contributed by atoms with Crippen molar-refractivity contribution in [2.75, 3.05) is 0 Å². The third-order valence-corrected chi connectivity index (χ3v) is 4.45. The van der Waals surface area contributed by atoms with E-state index in [-0.39, 0.29) is 4.75 Å². The van der Waals surface area contributed by atoms with Crippen LogP contribution >= 0.6 is 23.1 Å². The minimum absolute atomic E-state index is 0.182. The number of rotatable bonds is 4. The zero-order chi connectivity index (χ0) is 12.3. The van der Waals surface area contributed by atoms with E-state index in [1.54, 1.807) is 11.8 Å². The predicted molar refractivity (Wildman–Crippen MR) is 69.5 cm³/mol. The van der Waals surface area contributed by atoms with Crippen molar-refractivity contribution in [1.82, 2.24) is 4.98 Å². The number of carboxylic acids is 1. The van der Waals surface area contributed by atoms with Crippen molar-refractivity contribution in [2.45, 2.75) is 44.6 Å². The molecule has 1 heterocycles. The summed E-state index contributed by atoms with van der Waals surface area (Å²) in [4.78, 5) is 15.7. The molecular formula is C11H17NO2S2. The highest BCUT2D eigenvalue weighted by atomic mass is 32.2. The van der Waals surface area contributed by atoms with Crippen LogP contribution in [0.5, 0.6) is 0 Å². The van der Waals surface area contributed by atoms with E-state index in [1.165, 1.54) is 11.3 Å². The van der Waals surface area contributed by atoms with Crippen molar-refractivity contribution in [1.29, 1.82) is 0 Å². The molecule has 0 amide bonds. The van der Waals surface area contributed by atoms with Crippen LogP contribution in [0.25, 0.3) is 0 Å². The molecule has 0 aliphatic carbocycles. The third-order valence-electron chi connectivity index (χ3n) is 1.90. The molecule has 0 aliphatic rings. The number of hydrogen-bond acceptors (Lipinski definition) is 4. The number of aromatic carboxylic acids is 1. The van der Waals surface area contributed by atoms with Gasteiger partial charge in [0.15, 0.2) is 0 Å². The van der Waals surface area contributed by atoms with Crippen molar-refractivity contribution >= 4 is 29.1 Å². The average molecular weight is 259 g/mol. The summed E-state index contributed by atoms with van der Waals surface area (Å²) in [6.07, 6.45) is 0.679. The van der Waals surface area contributed by atoms with Crippen LogP contribution in [0.1, 0.15) is 48.1 Å². The van der Waals surface area contributed by atoms with Crippen LogP contribution in [0.2, 0.25) is 0 Å². The highest BCUT2D eigenvalue weighted by Crippen LogP contribution is 2.30. The second-order valence-electron chi connectivity index (χ2n) is 4.44. The lowest BCUT2D eigenvalue weighted by molar-refractivity contribution is 0.0701. The molecule has 1 aromatic rings. The van der Waals surface area contributed by atoms with Crippen molar-refractivity contribution in [2.24, 2.45) is 0 Å². The van der Waals surface area contributed by atoms with Gasteiger partial charge in [-0.1, -0.05) is 27.7 Å². The third kappa shape index (κ3) is 3.79. The molecule has 0 bridgehead atoms. The van der Waals surface area contributed by atoms with Crippen LogP contribution in [0.4, 0.5) is 0 Å². The number of thiazole rings is 1. The quantitative estimate of drug-likeness (QED) is 0.900. The van der Waals surface area contributed by atoms with Gasteiger partial charge in [0, 0.05) is 10.5 Å². The number of aryl methyl sites for hydroxylation is 1. The zero-order valence-electron chi connectivity index (χ0n) is 10.0. The van der Waals surface area contributed by atoms with Gasteiger partial charge in [-0.3, -0.25) is 0 Å². The van der Waals surface area contributed by atoms with Gasteiger partial charge in [-0.15, -0.1) is 23.1 Å². The fraction of sp³-hybridized carbons (Fsp3) is 0.636. The number of hydrogen-bond donors (Lipinski definition) is 1. The summed E-state index contributed by atoms with van der Waals surface area (Å²) in [5, 5.41) is 9.91. The summed E-state index contributed by atoms with van der Waals surface area (Å²) >= 11 is 3.09.